The molecule has 1 fully saturated rings. The molecule has 17 heavy (non-hydrogen) atoms. The SMILES string of the molecule is Cc1cc(C(=O)N2CCC(C(C)O)C2)c(C)s1. The summed E-state index contributed by atoms with van der Waals surface area (Å²) in [6.45, 7) is 7.27. The van der Waals surface area contributed by atoms with Crippen molar-refractivity contribution in [3.63, 3.8) is 0 Å². The van der Waals surface area contributed by atoms with Gasteiger partial charge < -0.3 is 10.0 Å². The van der Waals surface area contributed by atoms with Gasteiger partial charge in [0.15, 0.2) is 0 Å². The second-order valence-electron chi connectivity index (χ2n) is 4.87. The van der Waals surface area contributed by atoms with Gasteiger partial charge in [-0.1, -0.05) is 0 Å². The van der Waals surface area contributed by atoms with E-state index in [1.165, 1.54) is 4.88 Å². The molecule has 0 aliphatic carbocycles. The van der Waals surface area contributed by atoms with Gasteiger partial charge in [-0.25, -0.2) is 0 Å². The van der Waals surface area contributed by atoms with Crippen molar-refractivity contribution in [2.75, 3.05) is 13.1 Å². The molecule has 94 valence electrons. The van der Waals surface area contributed by atoms with Crippen molar-refractivity contribution in [1.29, 1.82) is 0 Å². The molecule has 1 saturated heterocycles. The lowest BCUT2D eigenvalue weighted by molar-refractivity contribution is 0.0762. The fourth-order valence-electron chi connectivity index (χ4n) is 2.38. The maximum Gasteiger partial charge on any atom is 0.254 e. The minimum absolute atomic E-state index is 0.120. The van der Waals surface area contributed by atoms with Crippen LogP contribution in [0, 0.1) is 19.8 Å². The fourth-order valence-corrected chi connectivity index (χ4v) is 3.29. The molecule has 3 nitrogen and oxygen atoms in total. The van der Waals surface area contributed by atoms with E-state index in [2.05, 4.69) is 0 Å². The molecule has 1 N–H and O–H groups in total. The zero-order valence-corrected chi connectivity index (χ0v) is 11.4. The zero-order valence-electron chi connectivity index (χ0n) is 10.6. The number of likely N-dealkylation sites (tertiary alicyclic amines) is 1. The number of amides is 1. The largest absolute Gasteiger partial charge is 0.393 e. The van der Waals surface area contributed by atoms with Crippen LogP contribution < -0.4 is 0 Å². The summed E-state index contributed by atoms with van der Waals surface area (Å²) in [7, 11) is 0. The highest BCUT2D eigenvalue weighted by molar-refractivity contribution is 7.12. The monoisotopic (exact) mass is 253 g/mol. The molecule has 0 spiro atoms. The zero-order chi connectivity index (χ0) is 12.6. The number of thiophene rings is 1. The second-order valence-corrected chi connectivity index (χ2v) is 6.33. The predicted molar refractivity (Wildman–Crippen MR) is 69.5 cm³/mol. The summed E-state index contributed by atoms with van der Waals surface area (Å²) in [4.78, 5) is 16.4. The van der Waals surface area contributed by atoms with Gasteiger partial charge in [-0.15, -0.1) is 11.3 Å². The highest BCUT2D eigenvalue weighted by Gasteiger charge is 2.30. The molecule has 1 aromatic heterocycles. The molecule has 2 rings (SSSR count). The van der Waals surface area contributed by atoms with E-state index >= 15 is 0 Å². The first kappa shape index (κ1) is 12.6. The van der Waals surface area contributed by atoms with Crippen LogP contribution in [-0.4, -0.2) is 35.1 Å². The molecule has 1 aromatic rings. The standard InChI is InChI=1S/C13H19NO2S/c1-8-6-12(10(3)17-8)13(16)14-5-4-11(7-14)9(2)15/h6,9,11,15H,4-5,7H2,1-3H3. The third-order valence-electron chi connectivity index (χ3n) is 3.47. The Kier molecular flexibility index (Phi) is 3.54. The van der Waals surface area contributed by atoms with Gasteiger partial charge in [-0.2, -0.15) is 0 Å². The highest BCUT2D eigenvalue weighted by atomic mass is 32.1. The predicted octanol–water partition coefficient (Wildman–Crippen LogP) is 2.21. The maximum atomic E-state index is 12.3. The summed E-state index contributed by atoms with van der Waals surface area (Å²) in [5.41, 5.74) is 0.832. The van der Waals surface area contributed by atoms with Gasteiger partial charge in [-0.3, -0.25) is 4.79 Å². The van der Waals surface area contributed by atoms with Crippen molar-refractivity contribution in [1.82, 2.24) is 4.90 Å². The van der Waals surface area contributed by atoms with E-state index < -0.39 is 0 Å². The summed E-state index contributed by atoms with van der Waals surface area (Å²) in [5.74, 6) is 0.356. The topological polar surface area (TPSA) is 40.5 Å². The first-order valence-electron chi connectivity index (χ1n) is 6.03. The lowest BCUT2D eigenvalue weighted by Crippen LogP contribution is -2.30. The van der Waals surface area contributed by atoms with Gasteiger partial charge >= 0.3 is 0 Å². The van der Waals surface area contributed by atoms with Gasteiger partial charge in [-0.05, 0) is 33.3 Å². The van der Waals surface area contributed by atoms with E-state index in [1.54, 1.807) is 18.3 Å². The quantitative estimate of drug-likeness (QED) is 0.878. The Morgan fingerprint density at radius 1 is 1.59 bits per heavy atom. The summed E-state index contributed by atoms with van der Waals surface area (Å²) in [6.07, 6.45) is 0.587. The van der Waals surface area contributed by atoms with E-state index in [0.29, 0.717) is 6.54 Å². The van der Waals surface area contributed by atoms with E-state index in [4.69, 9.17) is 0 Å². The van der Waals surface area contributed by atoms with Crippen molar-refractivity contribution in [3.8, 4) is 0 Å². The molecule has 0 bridgehead atoms. The molecular weight excluding hydrogens is 234 g/mol. The van der Waals surface area contributed by atoms with Gasteiger partial charge in [0.2, 0.25) is 0 Å². The van der Waals surface area contributed by atoms with E-state index in [-0.39, 0.29) is 17.9 Å². The van der Waals surface area contributed by atoms with Gasteiger partial charge in [0.05, 0.1) is 11.7 Å². The molecule has 0 saturated carbocycles. The second kappa shape index (κ2) is 4.78. The number of carbonyl (C=O) groups excluding carboxylic acids is 1. The van der Waals surface area contributed by atoms with Crippen LogP contribution in [0.25, 0.3) is 0 Å². The number of hydrogen-bond acceptors (Lipinski definition) is 3. The number of rotatable bonds is 2. The van der Waals surface area contributed by atoms with Crippen LogP contribution in [0.2, 0.25) is 0 Å². The lowest BCUT2D eigenvalue weighted by atomic mass is 10.0. The third-order valence-corrected chi connectivity index (χ3v) is 4.43. The Hall–Kier alpha value is -0.870. The van der Waals surface area contributed by atoms with E-state index in [1.807, 2.05) is 24.8 Å². The average Bonchev–Trinajstić information content (AvgIpc) is 2.84. The molecule has 1 aliphatic heterocycles. The third kappa shape index (κ3) is 2.53. The van der Waals surface area contributed by atoms with Crippen LogP contribution in [0.4, 0.5) is 0 Å². The smallest absolute Gasteiger partial charge is 0.254 e. The van der Waals surface area contributed by atoms with Crippen LogP contribution in [-0.2, 0) is 0 Å². The fraction of sp³-hybridized carbons (Fsp3) is 0.615. The minimum Gasteiger partial charge on any atom is -0.393 e. The van der Waals surface area contributed by atoms with Crippen molar-refractivity contribution < 1.29 is 9.90 Å². The molecule has 2 atom stereocenters. The van der Waals surface area contributed by atoms with Crippen molar-refractivity contribution in [3.05, 3.63) is 21.4 Å². The maximum absolute atomic E-state index is 12.3. The summed E-state index contributed by atoms with van der Waals surface area (Å²) < 4.78 is 0. The summed E-state index contributed by atoms with van der Waals surface area (Å²) in [6, 6.07) is 1.97. The number of aliphatic hydroxyl groups is 1. The van der Waals surface area contributed by atoms with Crippen LogP contribution in [0.15, 0.2) is 6.07 Å². The Morgan fingerprint density at radius 3 is 2.76 bits per heavy atom. The van der Waals surface area contributed by atoms with Gasteiger partial charge in [0.1, 0.15) is 0 Å². The van der Waals surface area contributed by atoms with Gasteiger partial charge in [0.25, 0.3) is 5.91 Å². The number of carbonyl (C=O) groups is 1. The molecule has 2 heterocycles. The molecule has 4 heteroatoms. The molecule has 0 radical (unpaired) electrons. The molecule has 0 aromatic carbocycles. The summed E-state index contributed by atoms with van der Waals surface area (Å²) >= 11 is 1.67. The Morgan fingerprint density at radius 2 is 2.29 bits per heavy atom. The highest BCUT2D eigenvalue weighted by Crippen LogP contribution is 2.26. The van der Waals surface area contributed by atoms with E-state index in [0.717, 1.165) is 23.4 Å². The molecular formula is C13H19NO2S. The first-order valence-corrected chi connectivity index (χ1v) is 6.85. The average molecular weight is 253 g/mol. The van der Waals surface area contributed by atoms with E-state index in [9.17, 15) is 9.90 Å². The normalized spacial score (nSPS) is 21.9. The van der Waals surface area contributed by atoms with Crippen LogP contribution in [0.3, 0.4) is 0 Å². The van der Waals surface area contributed by atoms with Crippen LogP contribution in [0.1, 0.15) is 33.5 Å². The number of aliphatic hydroxyl groups excluding tert-OH is 1. The molecule has 1 aliphatic rings. The van der Waals surface area contributed by atoms with Crippen LogP contribution >= 0.6 is 11.3 Å². The molecule has 1 amide bonds. The van der Waals surface area contributed by atoms with Crippen molar-refractivity contribution >= 4 is 17.2 Å². The summed E-state index contributed by atoms with van der Waals surface area (Å²) in [5, 5.41) is 9.55. The Labute approximate surface area is 106 Å². The van der Waals surface area contributed by atoms with Crippen molar-refractivity contribution in [2.45, 2.75) is 33.3 Å². The Balaban J connectivity index is 2.09. The van der Waals surface area contributed by atoms with Gasteiger partial charge in [0, 0.05) is 28.8 Å². The first-order chi connectivity index (χ1) is 7.99. The molecule has 2 unspecified atom stereocenters. The Bertz CT molecular complexity index is 425. The minimum atomic E-state index is -0.321. The number of aryl methyl sites for hydroxylation is 2. The number of nitrogens with zero attached hydrogens (tertiary/aromatic N) is 1. The van der Waals surface area contributed by atoms with Crippen molar-refractivity contribution in [2.24, 2.45) is 5.92 Å². The van der Waals surface area contributed by atoms with Crippen LogP contribution in [0.5, 0.6) is 0 Å². The number of hydrogen-bond donors (Lipinski definition) is 1. The lowest BCUT2D eigenvalue weighted by Gasteiger charge is -2.17.